The molecule has 84 valence electrons. The summed E-state index contributed by atoms with van der Waals surface area (Å²) in [5.41, 5.74) is 2.51. The fraction of sp³-hybridized carbons (Fsp3) is 0.333. The minimum Gasteiger partial charge on any atom is -0.325 e. The number of alkyl halides is 1. The summed E-state index contributed by atoms with van der Waals surface area (Å²) in [5, 5.41) is 2.67. The number of carbonyl (C=O) groups is 2. The molecule has 0 aliphatic heterocycles. The largest absolute Gasteiger partial charge is 0.325 e. The molecule has 0 unspecified atom stereocenters. The van der Waals surface area contributed by atoms with Crippen molar-refractivity contribution in [2.24, 2.45) is 0 Å². The van der Waals surface area contributed by atoms with Crippen molar-refractivity contribution in [3.8, 4) is 0 Å². The van der Waals surface area contributed by atoms with Gasteiger partial charge in [0.2, 0.25) is 5.91 Å². The molecule has 1 aliphatic rings. The van der Waals surface area contributed by atoms with Gasteiger partial charge in [0.25, 0.3) is 0 Å². The monoisotopic (exact) mass is 237 g/mol. The Balaban J connectivity index is 2.25. The first-order chi connectivity index (χ1) is 7.70. The number of nitrogens with one attached hydrogen (secondary N) is 1. The van der Waals surface area contributed by atoms with Gasteiger partial charge in [-0.3, -0.25) is 9.59 Å². The SMILES string of the molecule is O=C(CCl)Nc1ccc2c(c1)CCCC2=O. The molecule has 1 amide bonds. The molecular weight excluding hydrogens is 226 g/mol. The molecule has 0 spiro atoms. The van der Waals surface area contributed by atoms with E-state index < -0.39 is 0 Å². The first kappa shape index (κ1) is 11.1. The number of anilines is 1. The molecule has 4 heteroatoms. The van der Waals surface area contributed by atoms with Gasteiger partial charge in [-0.25, -0.2) is 0 Å². The van der Waals surface area contributed by atoms with Gasteiger partial charge >= 0.3 is 0 Å². The second kappa shape index (κ2) is 4.66. The lowest BCUT2D eigenvalue weighted by atomic mass is 9.90. The highest BCUT2D eigenvalue weighted by Gasteiger charge is 2.17. The predicted molar refractivity (Wildman–Crippen MR) is 63.1 cm³/mol. The van der Waals surface area contributed by atoms with Crippen LogP contribution in [0.2, 0.25) is 0 Å². The topological polar surface area (TPSA) is 46.2 Å². The molecule has 1 aliphatic carbocycles. The van der Waals surface area contributed by atoms with Gasteiger partial charge < -0.3 is 5.32 Å². The third-order valence-corrected chi connectivity index (χ3v) is 2.90. The molecule has 0 heterocycles. The average molecular weight is 238 g/mol. The van der Waals surface area contributed by atoms with Crippen LogP contribution in [-0.2, 0) is 11.2 Å². The number of amides is 1. The molecule has 1 aromatic carbocycles. The number of Topliss-reactive ketones (excluding diaryl/α,β-unsaturated/α-hetero) is 1. The van der Waals surface area contributed by atoms with E-state index in [1.807, 2.05) is 6.07 Å². The average Bonchev–Trinajstić information content (AvgIpc) is 2.29. The van der Waals surface area contributed by atoms with Crippen LogP contribution in [0.15, 0.2) is 18.2 Å². The quantitative estimate of drug-likeness (QED) is 0.803. The van der Waals surface area contributed by atoms with E-state index in [1.165, 1.54) is 0 Å². The Morgan fingerprint density at radius 2 is 2.19 bits per heavy atom. The summed E-state index contributed by atoms with van der Waals surface area (Å²) < 4.78 is 0. The maximum atomic E-state index is 11.6. The first-order valence-corrected chi connectivity index (χ1v) is 5.76. The molecular formula is C12H12ClNO2. The Morgan fingerprint density at radius 1 is 1.38 bits per heavy atom. The second-order valence-corrected chi connectivity index (χ2v) is 4.10. The van der Waals surface area contributed by atoms with Gasteiger partial charge in [-0.05, 0) is 36.6 Å². The van der Waals surface area contributed by atoms with Crippen molar-refractivity contribution in [1.82, 2.24) is 0 Å². The van der Waals surface area contributed by atoms with Gasteiger partial charge in [-0.2, -0.15) is 0 Å². The molecule has 0 aromatic heterocycles. The first-order valence-electron chi connectivity index (χ1n) is 5.22. The summed E-state index contributed by atoms with van der Waals surface area (Å²) in [7, 11) is 0. The number of hydrogen-bond donors (Lipinski definition) is 1. The summed E-state index contributed by atoms with van der Waals surface area (Å²) in [6, 6.07) is 5.38. The van der Waals surface area contributed by atoms with E-state index in [0.717, 1.165) is 24.0 Å². The summed E-state index contributed by atoms with van der Waals surface area (Å²) in [5.74, 6) is -0.101. The summed E-state index contributed by atoms with van der Waals surface area (Å²) >= 11 is 5.40. The van der Waals surface area contributed by atoms with Crippen molar-refractivity contribution in [2.75, 3.05) is 11.2 Å². The van der Waals surface area contributed by atoms with E-state index in [2.05, 4.69) is 5.32 Å². The van der Waals surface area contributed by atoms with E-state index in [-0.39, 0.29) is 17.6 Å². The van der Waals surface area contributed by atoms with Gasteiger partial charge in [0.05, 0.1) is 0 Å². The molecule has 0 radical (unpaired) electrons. The zero-order valence-electron chi connectivity index (χ0n) is 8.75. The molecule has 1 aromatic rings. The molecule has 1 N–H and O–H groups in total. The van der Waals surface area contributed by atoms with Gasteiger partial charge in [0.15, 0.2) is 5.78 Å². The number of fused-ring (bicyclic) bond motifs is 1. The summed E-state index contributed by atoms with van der Waals surface area (Å²) in [6.45, 7) is 0. The number of halogens is 1. The van der Waals surface area contributed by atoms with Crippen molar-refractivity contribution in [3.63, 3.8) is 0 Å². The van der Waals surface area contributed by atoms with Crippen LogP contribution in [0.1, 0.15) is 28.8 Å². The molecule has 0 saturated heterocycles. The van der Waals surface area contributed by atoms with Gasteiger partial charge in [-0.1, -0.05) is 0 Å². The molecule has 3 nitrogen and oxygen atoms in total. The van der Waals surface area contributed by atoms with Crippen molar-refractivity contribution in [1.29, 1.82) is 0 Å². The Morgan fingerprint density at radius 3 is 2.94 bits per heavy atom. The highest BCUT2D eigenvalue weighted by molar-refractivity contribution is 6.29. The minimum absolute atomic E-state index is 0.0595. The lowest BCUT2D eigenvalue weighted by Crippen LogP contribution is -2.15. The van der Waals surface area contributed by atoms with Crippen LogP contribution in [0.4, 0.5) is 5.69 Å². The third-order valence-electron chi connectivity index (χ3n) is 2.66. The number of benzene rings is 1. The lowest BCUT2D eigenvalue weighted by Gasteiger charge is -2.15. The number of rotatable bonds is 2. The van der Waals surface area contributed by atoms with Crippen LogP contribution in [0.25, 0.3) is 0 Å². The van der Waals surface area contributed by atoms with Crippen LogP contribution in [0.3, 0.4) is 0 Å². The lowest BCUT2D eigenvalue weighted by molar-refractivity contribution is -0.113. The summed E-state index contributed by atoms with van der Waals surface area (Å²) in [6.07, 6.45) is 2.41. The standard InChI is InChI=1S/C12H12ClNO2/c13-7-12(16)14-9-4-5-10-8(6-9)2-1-3-11(10)15/h4-6H,1-3,7H2,(H,14,16). The number of hydrogen-bond acceptors (Lipinski definition) is 2. The molecule has 2 rings (SSSR count). The van der Waals surface area contributed by atoms with Crippen LogP contribution in [0, 0.1) is 0 Å². The van der Waals surface area contributed by atoms with Gasteiger partial charge in [-0.15, -0.1) is 11.6 Å². The predicted octanol–water partition coefficient (Wildman–Crippen LogP) is 2.38. The Hall–Kier alpha value is -1.35. The Labute approximate surface area is 98.8 Å². The zero-order valence-corrected chi connectivity index (χ0v) is 9.51. The fourth-order valence-electron chi connectivity index (χ4n) is 1.92. The third kappa shape index (κ3) is 2.25. The number of carbonyl (C=O) groups excluding carboxylic acids is 2. The highest BCUT2D eigenvalue weighted by Crippen LogP contribution is 2.24. The maximum Gasteiger partial charge on any atom is 0.239 e. The van der Waals surface area contributed by atoms with E-state index in [1.54, 1.807) is 12.1 Å². The molecule has 16 heavy (non-hydrogen) atoms. The number of aryl methyl sites for hydroxylation is 1. The van der Waals surface area contributed by atoms with Crippen molar-refractivity contribution in [3.05, 3.63) is 29.3 Å². The molecule has 0 fully saturated rings. The molecule has 0 saturated carbocycles. The van der Waals surface area contributed by atoms with E-state index in [0.29, 0.717) is 12.1 Å². The van der Waals surface area contributed by atoms with Crippen molar-refractivity contribution in [2.45, 2.75) is 19.3 Å². The second-order valence-electron chi connectivity index (χ2n) is 3.83. The Kier molecular flexibility index (Phi) is 3.25. The summed E-state index contributed by atoms with van der Waals surface area (Å²) in [4.78, 5) is 22.7. The highest BCUT2D eigenvalue weighted by atomic mass is 35.5. The van der Waals surface area contributed by atoms with Crippen LogP contribution < -0.4 is 5.32 Å². The Bertz CT molecular complexity index is 443. The number of ketones is 1. The van der Waals surface area contributed by atoms with Gasteiger partial charge in [0.1, 0.15) is 5.88 Å². The minimum atomic E-state index is -0.233. The maximum absolute atomic E-state index is 11.6. The fourth-order valence-corrected chi connectivity index (χ4v) is 1.99. The van der Waals surface area contributed by atoms with Crippen LogP contribution in [-0.4, -0.2) is 17.6 Å². The molecule has 0 bridgehead atoms. The smallest absolute Gasteiger partial charge is 0.239 e. The zero-order chi connectivity index (χ0) is 11.5. The van der Waals surface area contributed by atoms with Crippen LogP contribution in [0.5, 0.6) is 0 Å². The van der Waals surface area contributed by atoms with E-state index >= 15 is 0 Å². The normalized spacial score (nSPS) is 14.4. The van der Waals surface area contributed by atoms with Crippen LogP contribution >= 0.6 is 11.6 Å². The molecule has 0 atom stereocenters. The van der Waals surface area contributed by atoms with Crippen molar-refractivity contribution >= 4 is 29.0 Å². The van der Waals surface area contributed by atoms with E-state index in [9.17, 15) is 9.59 Å². The van der Waals surface area contributed by atoms with Crippen molar-refractivity contribution < 1.29 is 9.59 Å². The van der Waals surface area contributed by atoms with Gasteiger partial charge in [0, 0.05) is 17.7 Å². The van der Waals surface area contributed by atoms with E-state index in [4.69, 9.17) is 11.6 Å².